The number of carbonyl (C=O) groups excluding carboxylic acids is 1. The van der Waals surface area contributed by atoms with Gasteiger partial charge in [-0.05, 0) is 61.7 Å². The van der Waals surface area contributed by atoms with Gasteiger partial charge in [0, 0.05) is 48.0 Å². The highest BCUT2D eigenvalue weighted by atomic mass is 16.1. The van der Waals surface area contributed by atoms with Gasteiger partial charge in [0.1, 0.15) is 5.69 Å². The van der Waals surface area contributed by atoms with Gasteiger partial charge in [0.05, 0.1) is 5.52 Å². The number of rotatable bonds is 6. The van der Waals surface area contributed by atoms with E-state index in [4.69, 9.17) is 0 Å². The van der Waals surface area contributed by atoms with Gasteiger partial charge in [-0.25, -0.2) is 0 Å². The third-order valence-electron chi connectivity index (χ3n) is 6.43. The predicted octanol–water partition coefficient (Wildman–Crippen LogP) is 4.45. The van der Waals surface area contributed by atoms with Crippen LogP contribution < -0.4 is 5.32 Å². The van der Waals surface area contributed by atoms with Crippen molar-refractivity contribution in [2.24, 2.45) is 0 Å². The van der Waals surface area contributed by atoms with Crippen LogP contribution in [0.15, 0.2) is 73.1 Å². The normalized spacial score (nSPS) is 17.0. The van der Waals surface area contributed by atoms with Gasteiger partial charge in [-0.3, -0.25) is 14.9 Å². The summed E-state index contributed by atoms with van der Waals surface area (Å²) in [6, 6.07) is 20.4. The standard InChI is InChI=1S/C27H29N5O/c33-27(22-9-10-25-24(18-22)26(31-30-25)21-11-14-28-15-12-21)29-23-8-4-5-16-32(19-23)17-13-20-6-2-1-3-7-20/h1-3,6-7,9-12,14-15,18,23H,4-5,8,13,16-17,19H2,(H,29,33)(H,30,31). The number of carbonyl (C=O) groups is 1. The highest BCUT2D eigenvalue weighted by molar-refractivity contribution is 6.01. The molecule has 168 valence electrons. The highest BCUT2D eigenvalue weighted by Crippen LogP contribution is 2.26. The number of likely N-dealkylation sites (tertiary alicyclic amines) is 1. The lowest BCUT2D eigenvalue weighted by Gasteiger charge is -2.25. The SMILES string of the molecule is O=C(NC1CCCCN(CCc2ccccc2)C1)c1ccc2[nH]nc(-c3ccncc3)c2c1. The lowest BCUT2D eigenvalue weighted by molar-refractivity contribution is 0.0926. The molecule has 1 aliphatic heterocycles. The summed E-state index contributed by atoms with van der Waals surface area (Å²) in [5, 5.41) is 11.8. The van der Waals surface area contributed by atoms with Crippen LogP contribution in [-0.4, -0.2) is 51.7 Å². The first-order chi connectivity index (χ1) is 16.3. The number of nitrogens with zero attached hydrogens (tertiary/aromatic N) is 3. The molecule has 3 heterocycles. The Balaban J connectivity index is 1.27. The van der Waals surface area contributed by atoms with Crippen molar-refractivity contribution in [3.8, 4) is 11.3 Å². The molecule has 0 bridgehead atoms. The van der Waals surface area contributed by atoms with Crippen LogP contribution in [0.2, 0.25) is 0 Å². The first-order valence-corrected chi connectivity index (χ1v) is 11.7. The van der Waals surface area contributed by atoms with E-state index in [2.05, 4.69) is 55.7 Å². The van der Waals surface area contributed by atoms with Crippen molar-refractivity contribution < 1.29 is 4.79 Å². The fourth-order valence-electron chi connectivity index (χ4n) is 4.63. The van der Waals surface area contributed by atoms with Crippen molar-refractivity contribution in [3.05, 3.63) is 84.2 Å². The van der Waals surface area contributed by atoms with Gasteiger partial charge in [0.15, 0.2) is 0 Å². The van der Waals surface area contributed by atoms with Gasteiger partial charge < -0.3 is 10.2 Å². The van der Waals surface area contributed by atoms with Crippen LogP contribution in [-0.2, 0) is 6.42 Å². The zero-order valence-electron chi connectivity index (χ0n) is 18.7. The molecule has 6 heteroatoms. The highest BCUT2D eigenvalue weighted by Gasteiger charge is 2.21. The molecule has 6 nitrogen and oxygen atoms in total. The van der Waals surface area contributed by atoms with Gasteiger partial charge in [-0.15, -0.1) is 0 Å². The molecule has 1 atom stereocenters. The van der Waals surface area contributed by atoms with E-state index >= 15 is 0 Å². The zero-order valence-corrected chi connectivity index (χ0v) is 18.7. The van der Waals surface area contributed by atoms with Crippen LogP contribution >= 0.6 is 0 Å². The molecule has 0 radical (unpaired) electrons. The number of pyridine rings is 1. The number of hydrogen-bond acceptors (Lipinski definition) is 4. The molecule has 1 amide bonds. The van der Waals surface area contributed by atoms with E-state index in [0.29, 0.717) is 5.56 Å². The minimum atomic E-state index is -0.0197. The molecule has 0 saturated carbocycles. The van der Waals surface area contributed by atoms with Crippen LogP contribution in [0, 0.1) is 0 Å². The Labute approximate surface area is 194 Å². The predicted molar refractivity (Wildman–Crippen MR) is 131 cm³/mol. The van der Waals surface area contributed by atoms with Gasteiger partial charge >= 0.3 is 0 Å². The number of nitrogens with one attached hydrogen (secondary N) is 2. The van der Waals surface area contributed by atoms with Gasteiger partial charge in [0.25, 0.3) is 5.91 Å². The van der Waals surface area contributed by atoms with Gasteiger partial charge in [-0.2, -0.15) is 5.10 Å². The maximum atomic E-state index is 13.2. The average Bonchev–Trinajstić information content (AvgIpc) is 3.16. The number of hydrogen-bond donors (Lipinski definition) is 2. The Bertz CT molecular complexity index is 1210. The maximum Gasteiger partial charge on any atom is 0.251 e. The Hall–Kier alpha value is -3.51. The van der Waals surface area contributed by atoms with E-state index in [-0.39, 0.29) is 11.9 Å². The van der Waals surface area contributed by atoms with Crippen molar-refractivity contribution >= 4 is 16.8 Å². The number of aromatic amines is 1. The fraction of sp³-hybridized carbons (Fsp3) is 0.296. The monoisotopic (exact) mass is 439 g/mol. The van der Waals surface area contributed by atoms with E-state index in [1.807, 2.05) is 30.3 Å². The Morgan fingerprint density at radius 1 is 1.06 bits per heavy atom. The summed E-state index contributed by atoms with van der Waals surface area (Å²) in [5.41, 5.74) is 4.76. The third kappa shape index (κ3) is 5.12. The van der Waals surface area contributed by atoms with Crippen molar-refractivity contribution in [1.82, 2.24) is 25.4 Å². The summed E-state index contributed by atoms with van der Waals surface area (Å²) >= 11 is 0. The summed E-state index contributed by atoms with van der Waals surface area (Å²) in [6.07, 6.45) is 7.88. The van der Waals surface area contributed by atoms with Crippen molar-refractivity contribution in [2.75, 3.05) is 19.6 Å². The lowest BCUT2D eigenvalue weighted by Crippen LogP contribution is -2.43. The first-order valence-electron chi connectivity index (χ1n) is 11.7. The second-order valence-electron chi connectivity index (χ2n) is 8.77. The molecule has 2 aromatic heterocycles. The van der Waals surface area contributed by atoms with E-state index in [1.54, 1.807) is 12.4 Å². The number of fused-ring (bicyclic) bond motifs is 1. The molecule has 4 aromatic rings. The van der Waals surface area contributed by atoms with Crippen molar-refractivity contribution in [3.63, 3.8) is 0 Å². The van der Waals surface area contributed by atoms with Crippen molar-refractivity contribution in [1.29, 1.82) is 0 Å². The van der Waals surface area contributed by atoms with Crippen LogP contribution in [0.4, 0.5) is 0 Å². The van der Waals surface area contributed by atoms with Gasteiger partial charge in [0.2, 0.25) is 0 Å². The van der Waals surface area contributed by atoms with E-state index in [9.17, 15) is 4.79 Å². The summed E-state index contributed by atoms with van der Waals surface area (Å²) in [5.74, 6) is -0.0197. The molecule has 2 aromatic carbocycles. The smallest absolute Gasteiger partial charge is 0.251 e. The largest absolute Gasteiger partial charge is 0.348 e. The topological polar surface area (TPSA) is 73.9 Å². The maximum absolute atomic E-state index is 13.2. The minimum Gasteiger partial charge on any atom is -0.348 e. The Kier molecular flexibility index (Phi) is 6.44. The van der Waals surface area contributed by atoms with Crippen molar-refractivity contribution in [2.45, 2.75) is 31.7 Å². The molecule has 1 aliphatic rings. The summed E-state index contributed by atoms with van der Waals surface area (Å²) in [7, 11) is 0. The lowest BCUT2D eigenvalue weighted by atomic mass is 10.1. The van der Waals surface area contributed by atoms with Crippen LogP contribution in [0.25, 0.3) is 22.2 Å². The molecule has 33 heavy (non-hydrogen) atoms. The summed E-state index contributed by atoms with van der Waals surface area (Å²) in [6.45, 7) is 3.01. The van der Waals surface area contributed by atoms with Crippen LogP contribution in [0.5, 0.6) is 0 Å². The molecule has 1 fully saturated rings. The summed E-state index contributed by atoms with van der Waals surface area (Å²) < 4.78 is 0. The second kappa shape index (κ2) is 9.96. The second-order valence-corrected chi connectivity index (χ2v) is 8.77. The van der Waals surface area contributed by atoms with E-state index in [1.165, 1.54) is 12.0 Å². The molecule has 1 unspecified atom stereocenters. The van der Waals surface area contributed by atoms with Crippen LogP contribution in [0.3, 0.4) is 0 Å². The Morgan fingerprint density at radius 2 is 1.91 bits per heavy atom. The zero-order chi connectivity index (χ0) is 22.5. The summed E-state index contributed by atoms with van der Waals surface area (Å²) in [4.78, 5) is 19.7. The number of benzene rings is 2. The number of aromatic nitrogens is 3. The molecular formula is C27H29N5O. The average molecular weight is 440 g/mol. The number of H-pyrrole nitrogens is 1. The Morgan fingerprint density at radius 3 is 2.76 bits per heavy atom. The molecule has 1 saturated heterocycles. The minimum absolute atomic E-state index is 0.0197. The third-order valence-corrected chi connectivity index (χ3v) is 6.43. The molecular weight excluding hydrogens is 410 g/mol. The quantitative estimate of drug-likeness (QED) is 0.465. The van der Waals surface area contributed by atoms with Gasteiger partial charge in [-0.1, -0.05) is 36.8 Å². The molecule has 0 spiro atoms. The van der Waals surface area contributed by atoms with E-state index in [0.717, 1.165) is 61.1 Å². The molecule has 5 rings (SSSR count). The number of amides is 1. The molecule has 0 aliphatic carbocycles. The first kappa shape index (κ1) is 21.3. The van der Waals surface area contributed by atoms with Crippen LogP contribution in [0.1, 0.15) is 35.2 Å². The molecule has 2 N–H and O–H groups in total. The van der Waals surface area contributed by atoms with E-state index < -0.39 is 0 Å². The fourth-order valence-corrected chi connectivity index (χ4v) is 4.63.